The van der Waals surface area contributed by atoms with Gasteiger partial charge < -0.3 is 37.9 Å². The molecule has 0 aliphatic carbocycles. The molecule has 8 nitrogen and oxygen atoms in total. The van der Waals surface area contributed by atoms with Crippen molar-refractivity contribution < 1.29 is 42.3 Å². The Balaban J connectivity index is 3.02. The van der Waals surface area contributed by atoms with E-state index in [-0.39, 0.29) is 6.61 Å². The first-order valence-corrected chi connectivity index (χ1v) is 17.6. The number of alkyl halides is 1. The first kappa shape index (κ1) is 42.6. The standard InChI is InChI=1S/C34H69FO8/c1-2-3-4-5-6-7-8-9-10-11-12-13-14-15-16-17-19-36-21-23-38-25-27-40-29-31-42-33-34-43-32-30-41-28-26-39-24-22-37-20-18-35/h2-34H2,1H3. The molecule has 0 amide bonds. The van der Waals surface area contributed by atoms with Crippen LogP contribution in [0.5, 0.6) is 0 Å². The highest BCUT2D eigenvalue weighted by Crippen LogP contribution is 2.13. The van der Waals surface area contributed by atoms with Gasteiger partial charge in [-0.05, 0) is 6.42 Å². The molecule has 0 aliphatic heterocycles. The van der Waals surface area contributed by atoms with E-state index in [1.807, 2.05) is 0 Å². The Morgan fingerprint density at radius 3 is 0.721 bits per heavy atom. The van der Waals surface area contributed by atoms with Crippen molar-refractivity contribution in [2.45, 2.75) is 110 Å². The fraction of sp³-hybridized carbons (Fsp3) is 1.00. The number of rotatable bonds is 40. The number of ether oxygens (including phenoxy) is 8. The molecule has 260 valence electrons. The minimum absolute atomic E-state index is 0.124. The summed E-state index contributed by atoms with van der Waals surface area (Å²) >= 11 is 0. The van der Waals surface area contributed by atoms with Crippen LogP contribution in [0.3, 0.4) is 0 Å². The smallest absolute Gasteiger partial charge is 0.113 e. The van der Waals surface area contributed by atoms with Crippen molar-refractivity contribution >= 4 is 0 Å². The molecule has 0 radical (unpaired) electrons. The van der Waals surface area contributed by atoms with Crippen LogP contribution in [-0.2, 0) is 37.9 Å². The summed E-state index contributed by atoms with van der Waals surface area (Å²) in [5.74, 6) is 0. The van der Waals surface area contributed by atoms with E-state index in [0.717, 1.165) is 13.0 Å². The molecule has 0 atom stereocenters. The summed E-state index contributed by atoms with van der Waals surface area (Å²) in [6, 6.07) is 0. The van der Waals surface area contributed by atoms with Crippen molar-refractivity contribution in [2.24, 2.45) is 0 Å². The lowest BCUT2D eigenvalue weighted by Crippen LogP contribution is -2.15. The van der Waals surface area contributed by atoms with E-state index in [1.165, 1.54) is 96.3 Å². The van der Waals surface area contributed by atoms with Crippen molar-refractivity contribution in [2.75, 3.05) is 112 Å². The Hall–Kier alpha value is -0.390. The fourth-order valence-electron chi connectivity index (χ4n) is 4.45. The second kappa shape index (κ2) is 41.6. The third kappa shape index (κ3) is 41.6. The van der Waals surface area contributed by atoms with Crippen LogP contribution in [0.4, 0.5) is 4.39 Å². The second-order valence-corrected chi connectivity index (χ2v) is 10.9. The topological polar surface area (TPSA) is 73.8 Å². The van der Waals surface area contributed by atoms with Crippen LogP contribution in [0.25, 0.3) is 0 Å². The van der Waals surface area contributed by atoms with Crippen molar-refractivity contribution in [3.8, 4) is 0 Å². The number of halogens is 1. The first-order chi connectivity index (χ1) is 21.4. The lowest BCUT2D eigenvalue weighted by molar-refractivity contribution is -0.0233. The molecule has 0 aliphatic rings. The van der Waals surface area contributed by atoms with Crippen LogP contribution in [0.2, 0.25) is 0 Å². The molecule has 0 spiro atoms. The van der Waals surface area contributed by atoms with Gasteiger partial charge in [-0.3, -0.25) is 0 Å². The second-order valence-electron chi connectivity index (χ2n) is 10.9. The zero-order valence-electron chi connectivity index (χ0n) is 28.0. The van der Waals surface area contributed by atoms with Crippen LogP contribution in [0.15, 0.2) is 0 Å². The Kier molecular flexibility index (Phi) is 41.2. The van der Waals surface area contributed by atoms with E-state index in [4.69, 9.17) is 37.9 Å². The molecule has 0 rings (SSSR count). The molecule has 0 N–H and O–H groups in total. The molecular weight excluding hydrogens is 555 g/mol. The van der Waals surface area contributed by atoms with E-state index < -0.39 is 6.67 Å². The van der Waals surface area contributed by atoms with Crippen LogP contribution in [-0.4, -0.2) is 112 Å². The fourth-order valence-corrected chi connectivity index (χ4v) is 4.45. The van der Waals surface area contributed by atoms with Gasteiger partial charge in [-0.2, -0.15) is 0 Å². The highest BCUT2D eigenvalue weighted by molar-refractivity contribution is 4.50. The predicted octanol–water partition coefficient (Wildman–Crippen LogP) is 7.35. The Morgan fingerprint density at radius 2 is 0.465 bits per heavy atom. The summed E-state index contributed by atoms with van der Waals surface area (Å²) in [5, 5.41) is 0. The van der Waals surface area contributed by atoms with Crippen molar-refractivity contribution in [3.63, 3.8) is 0 Å². The van der Waals surface area contributed by atoms with Gasteiger partial charge in [0.05, 0.1) is 99.1 Å². The van der Waals surface area contributed by atoms with Crippen molar-refractivity contribution in [1.29, 1.82) is 0 Å². The quantitative estimate of drug-likeness (QED) is 0.0656. The van der Waals surface area contributed by atoms with E-state index in [9.17, 15) is 4.39 Å². The monoisotopic (exact) mass is 624 g/mol. The van der Waals surface area contributed by atoms with Gasteiger partial charge in [-0.25, -0.2) is 4.39 Å². The van der Waals surface area contributed by atoms with E-state index in [2.05, 4.69) is 6.92 Å². The maximum atomic E-state index is 11.8. The zero-order chi connectivity index (χ0) is 31.0. The molecular formula is C34H69FO8. The summed E-state index contributed by atoms with van der Waals surface area (Å²) in [6.07, 6.45) is 22.2. The Bertz CT molecular complexity index is 436. The highest BCUT2D eigenvalue weighted by Gasteiger charge is 1.97. The van der Waals surface area contributed by atoms with Crippen LogP contribution in [0.1, 0.15) is 110 Å². The van der Waals surface area contributed by atoms with Crippen LogP contribution >= 0.6 is 0 Å². The maximum absolute atomic E-state index is 11.8. The van der Waals surface area contributed by atoms with Gasteiger partial charge in [0.25, 0.3) is 0 Å². The largest absolute Gasteiger partial charge is 0.379 e. The van der Waals surface area contributed by atoms with E-state index in [0.29, 0.717) is 92.5 Å². The van der Waals surface area contributed by atoms with E-state index >= 15 is 0 Å². The molecule has 0 bridgehead atoms. The Labute approximate surface area is 264 Å². The number of hydrogen-bond donors (Lipinski definition) is 0. The molecule has 0 heterocycles. The van der Waals surface area contributed by atoms with Gasteiger partial charge in [0, 0.05) is 6.61 Å². The van der Waals surface area contributed by atoms with Gasteiger partial charge in [-0.15, -0.1) is 0 Å². The third-order valence-electron chi connectivity index (χ3n) is 6.97. The SMILES string of the molecule is CCCCCCCCCCCCCCCCCCOCCOCCOCCOCCOCCOCCOCCOCCF. The first-order valence-electron chi connectivity index (χ1n) is 17.6. The third-order valence-corrected chi connectivity index (χ3v) is 6.97. The molecule has 0 aromatic rings. The lowest BCUT2D eigenvalue weighted by atomic mass is 10.0. The molecule has 0 fully saturated rings. The minimum atomic E-state index is -0.465. The summed E-state index contributed by atoms with van der Waals surface area (Å²) in [6.45, 7) is 10.2. The summed E-state index contributed by atoms with van der Waals surface area (Å²) in [7, 11) is 0. The van der Waals surface area contributed by atoms with Crippen LogP contribution < -0.4 is 0 Å². The zero-order valence-corrected chi connectivity index (χ0v) is 28.0. The normalized spacial score (nSPS) is 11.6. The Morgan fingerprint density at radius 1 is 0.256 bits per heavy atom. The van der Waals surface area contributed by atoms with Gasteiger partial charge in [0.2, 0.25) is 0 Å². The molecule has 43 heavy (non-hydrogen) atoms. The number of hydrogen-bond acceptors (Lipinski definition) is 8. The minimum Gasteiger partial charge on any atom is -0.379 e. The number of unbranched alkanes of at least 4 members (excludes halogenated alkanes) is 15. The average molecular weight is 625 g/mol. The molecule has 0 aromatic heterocycles. The molecule has 0 aromatic carbocycles. The molecule has 0 saturated heterocycles. The van der Waals surface area contributed by atoms with Crippen LogP contribution in [0, 0.1) is 0 Å². The van der Waals surface area contributed by atoms with E-state index in [1.54, 1.807) is 0 Å². The lowest BCUT2D eigenvalue weighted by Gasteiger charge is -2.08. The summed E-state index contributed by atoms with van der Waals surface area (Å²) in [5.41, 5.74) is 0. The maximum Gasteiger partial charge on any atom is 0.113 e. The molecule has 0 saturated carbocycles. The van der Waals surface area contributed by atoms with Gasteiger partial charge in [0.15, 0.2) is 0 Å². The van der Waals surface area contributed by atoms with Crippen molar-refractivity contribution in [3.05, 3.63) is 0 Å². The highest BCUT2D eigenvalue weighted by atomic mass is 19.1. The molecule has 0 unspecified atom stereocenters. The van der Waals surface area contributed by atoms with Crippen molar-refractivity contribution in [1.82, 2.24) is 0 Å². The average Bonchev–Trinajstić information content (AvgIpc) is 3.02. The summed E-state index contributed by atoms with van der Waals surface area (Å²) in [4.78, 5) is 0. The van der Waals surface area contributed by atoms with Gasteiger partial charge in [0.1, 0.15) is 6.67 Å². The molecule has 9 heteroatoms. The summed E-state index contributed by atoms with van der Waals surface area (Å²) < 4.78 is 55.1. The van der Waals surface area contributed by atoms with Gasteiger partial charge >= 0.3 is 0 Å². The predicted molar refractivity (Wildman–Crippen MR) is 172 cm³/mol. The van der Waals surface area contributed by atoms with Gasteiger partial charge in [-0.1, -0.05) is 103 Å².